The van der Waals surface area contributed by atoms with Gasteiger partial charge in [-0.15, -0.1) is 0 Å². The lowest BCUT2D eigenvalue weighted by Gasteiger charge is -2.29. The van der Waals surface area contributed by atoms with Gasteiger partial charge < -0.3 is 16.4 Å². The van der Waals surface area contributed by atoms with E-state index in [4.69, 9.17) is 5.73 Å². The van der Waals surface area contributed by atoms with Crippen LogP contribution in [0, 0.1) is 6.92 Å². The van der Waals surface area contributed by atoms with Crippen molar-refractivity contribution >= 4 is 33.5 Å². The van der Waals surface area contributed by atoms with Crippen LogP contribution in [0.25, 0.3) is 0 Å². The third kappa shape index (κ3) is 6.27. The number of carbonyl (C=O) groups excluding carboxylic acids is 1. The van der Waals surface area contributed by atoms with Crippen LogP contribution in [0.5, 0.6) is 0 Å². The first-order valence-corrected chi connectivity index (χ1v) is 12.4. The van der Waals surface area contributed by atoms with Gasteiger partial charge in [-0.2, -0.15) is 18.2 Å². The number of amides is 1. The Balaban J connectivity index is 1.91. The first kappa shape index (κ1) is 26.8. The number of nitrogens with zero attached hydrogens (tertiary/aromatic N) is 5. The SMILES string of the molecule is Cc1ncc(CNc2nc(NC3(C)C=CC(C(N)=O)=CC3)ncc2C(F)(F)F)c(N(C)S(C)(=O)=O)n1. The number of primary amides is 1. The highest BCUT2D eigenvalue weighted by Crippen LogP contribution is 2.35. The van der Waals surface area contributed by atoms with Gasteiger partial charge in [-0.1, -0.05) is 18.2 Å². The third-order valence-corrected chi connectivity index (χ3v) is 6.52. The molecular weight excluding hydrogens is 501 g/mol. The smallest absolute Gasteiger partial charge is 0.366 e. The van der Waals surface area contributed by atoms with Gasteiger partial charge in [0.05, 0.1) is 11.8 Å². The van der Waals surface area contributed by atoms with Gasteiger partial charge in [0, 0.05) is 37.1 Å². The van der Waals surface area contributed by atoms with Gasteiger partial charge in [-0.05, 0) is 20.3 Å². The van der Waals surface area contributed by atoms with E-state index in [9.17, 15) is 26.4 Å². The molecule has 2 aromatic heterocycles. The van der Waals surface area contributed by atoms with Gasteiger partial charge >= 0.3 is 6.18 Å². The van der Waals surface area contributed by atoms with Crippen LogP contribution in [-0.4, -0.2) is 53.1 Å². The number of hydrogen-bond acceptors (Lipinski definition) is 9. The number of rotatable bonds is 8. The molecule has 15 heteroatoms. The van der Waals surface area contributed by atoms with E-state index in [2.05, 4.69) is 30.6 Å². The van der Waals surface area contributed by atoms with E-state index in [1.54, 1.807) is 26.0 Å². The zero-order valence-electron chi connectivity index (χ0n) is 19.9. The van der Waals surface area contributed by atoms with E-state index >= 15 is 0 Å². The minimum Gasteiger partial charge on any atom is -0.366 e. The van der Waals surface area contributed by atoms with Crippen molar-refractivity contribution in [2.75, 3.05) is 28.2 Å². The van der Waals surface area contributed by atoms with E-state index in [1.165, 1.54) is 19.3 Å². The number of carbonyl (C=O) groups is 1. The minimum atomic E-state index is -4.76. The Morgan fingerprint density at radius 2 is 1.94 bits per heavy atom. The van der Waals surface area contributed by atoms with Crippen molar-refractivity contribution < 1.29 is 26.4 Å². The lowest BCUT2D eigenvalue weighted by Crippen LogP contribution is -2.35. The summed E-state index contributed by atoms with van der Waals surface area (Å²) in [5.74, 6) is -0.898. The summed E-state index contributed by atoms with van der Waals surface area (Å²) in [6.45, 7) is 3.06. The Bertz CT molecular complexity index is 1340. The van der Waals surface area contributed by atoms with Crippen LogP contribution in [-0.2, 0) is 27.5 Å². The molecule has 194 valence electrons. The summed E-state index contributed by atoms with van der Waals surface area (Å²) in [5.41, 5.74) is 3.92. The van der Waals surface area contributed by atoms with Crippen molar-refractivity contribution in [1.82, 2.24) is 19.9 Å². The van der Waals surface area contributed by atoms with Gasteiger partial charge in [0.2, 0.25) is 21.9 Å². The van der Waals surface area contributed by atoms with Crippen molar-refractivity contribution in [3.8, 4) is 0 Å². The number of aryl methyl sites for hydroxylation is 1. The molecule has 0 bridgehead atoms. The first-order chi connectivity index (χ1) is 16.6. The number of sulfonamides is 1. The molecule has 4 N–H and O–H groups in total. The molecule has 0 fully saturated rings. The second-order valence-electron chi connectivity index (χ2n) is 8.41. The molecular formula is C21H25F3N8O3S. The fourth-order valence-electron chi connectivity index (χ4n) is 3.26. The summed E-state index contributed by atoms with van der Waals surface area (Å²) in [4.78, 5) is 27.3. The van der Waals surface area contributed by atoms with Gasteiger partial charge in [-0.25, -0.2) is 23.4 Å². The average molecular weight is 527 g/mol. The molecule has 1 aliphatic rings. The maximum atomic E-state index is 13.7. The van der Waals surface area contributed by atoms with Crippen molar-refractivity contribution in [2.45, 2.75) is 38.5 Å². The molecule has 3 rings (SSSR count). The molecule has 1 aliphatic carbocycles. The summed E-state index contributed by atoms with van der Waals surface area (Å²) in [6.07, 6.45) is 3.28. The first-order valence-electron chi connectivity index (χ1n) is 10.5. The predicted molar refractivity (Wildman–Crippen MR) is 127 cm³/mol. The fourth-order valence-corrected chi connectivity index (χ4v) is 3.74. The lowest BCUT2D eigenvalue weighted by atomic mass is 9.90. The van der Waals surface area contributed by atoms with Crippen LogP contribution >= 0.6 is 0 Å². The van der Waals surface area contributed by atoms with Gasteiger partial charge in [0.25, 0.3) is 0 Å². The molecule has 0 spiro atoms. The molecule has 1 atom stereocenters. The van der Waals surface area contributed by atoms with Crippen LogP contribution in [0.2, 0.25) is 0 Å². The second kappa shape index (κ2) is 9.72. The summed E-state index contributed by atoms with van der Waals surface area (Å²) < 4.78 is 65.9. The lowest BCUT2D eigenvalue weighted by molar-refractivity contribution is -0.137. The number of halogens is 3. The quantitative estimate of drug-likeness (QED) is 0.469. The Kier molecular flexibility index (Phi) is 7.25. The number of hydrogen-bond donors (Lipinski definition) is 3. The van der Waals surface area contributed by atoms with E-state index < -0.39 is 39.0 Å². The summed E-state index contributed by atoms with van der Waals surface area (Å²) in [6, 6.07) is 0. The van der Waals surface area contributed by atoms with Gasteiger partial charge in [0.15, 0.2) is 5.82 Å². The average Bonchev–Trinajstić information content (AvgIpc) is 2.76. The largest absolute Gasteiger partial charge is 0.421 e. The number of anilines is 3. The molecule has 1 unspecified atom stereocenters. The number of aromatic nitrogens is 4. The molecule has 36 heavy (non-hydrogen) atoms. The number of nitrogens with two attached hydrogens (primary N) is 1. The number of alkyl halides is 3. The summed E-state index contributed by atoms with van der Waals surface area (Å²) in [5, 5.41) is 5.58. The molecule has 2 aromatic rings. The Morgan fingerprint density at radius 3 is 2.50 bits per heavy atom. The Labute approximate surface area is 205 Å². The highest BCUT2D eigenvalue weighted by atomic mass is 32.2. The zero-order chi connectivity index (χ0) is 26.9. The van der Waals surface area contributed by atoms with Crippen LogP contribution in [0.1, 0.15) is 30.3 Å². The highest BCUT2D eigenvalue weighted by Gasteiger charge is 2.36. The molecule has 0 radical (unpaired) electrons. The molecule has 0 aromatic carbocycles. The van der Waals surface area contributed by atoms with Crippen LogP contribution in [0.15, 0.2) is 36.2 Å². The highest BCUT2D eigenvalue weighted by molar-refractivity contribution is 7.92. The maximum Gasteiger partial charge on any atom is 0.421 e. The van der Waals surface area contributed by atoms with Crippen molar-refractivity contribution in [2.24, 2.45) is 5.73 Å². The predicted octanol–water partition coefficient (Wildman–Crippen LogP) is 2.14. The molecule has 1 amide bonds. The van der Waals surface area contributed by atoms with E-state index in [0.717, 1.165) is 10.6 Å². The van der Waals surface area contributed by atoms with Gasteiger partial charge in [-0.3, -0.25) is 9.10 Å². The molecule has 2 heterocycles. The minimum absolute atomic E-state index is 0.0235. The van der Waals surface area contributed by atoms with Crippen molar-refractivity contribution in [3.63, 3.8) is 0 Å². The van der Waals surface area contributed by atoms with Crippen molar-refractivity contribution in [1.29, 1.82) is 0 Å². The summed E-state index contributed by atoms with van der Waals surface area (Å²) in [7, 11) is -2.41. The van der Waals surface area contributed by atoms with E-state index in [0.29, 0.717) is 18.2 Å². The maximum absolute atomic E-state index is 13.7. The Hall–Kier alpha value is -3.75. The standard InChI is InChI=1S/C21H25F3N8O3S/c1-12-26-9-14(18(29-12)32(3)36(4,34)35)10-27-17-15(21(22,23)24)11-28-19(30-17)31-20(2)7-5-13(6-8-20)16(25)33/h5-7,9,11H,8,10H2,1-4H3,(H2,25,33)(H2,27,28,30,31). The normalized spacial score (nSPS) is 17.9. The molecule has 0 saturated heterocycles. The fraction of sp³-hybridized carbons (Fsp3) is 0.381. The van der Waals surface area contributed by atoms with Crippen LogP contribution in [0.4, 0.5) is 30.8 Å². The Morgan fingerprint density at radius 1 is 1.25 bits per heavy atom. The summed E-state index contributed by atoms with van der Waals surface area (Å²) >= 11 is 0. The zero-order valence-corrected chi connectivity index (χ0v) is 20.7. The number of nitrogens with one attached hydrogen (secondary N) is 2. The molecule has 11 nitrogen and oxygen atoms in total. The second-order valence-corrected chi connectivity index (χ2v) is 10.4. The monoisotopic (exact) mass is 526 g/mol. The van der Waals surface area contributed by atoms with Crippen molar-refractivity contribution in [3.05, 3.63) is 53.1 Å². The third-order valence-electron chi connectivity index (χ3n) is 5.36. The van der Waals surface area contributed by atoms with Crippen LogP contribution in [0.3, 0.4) is 0 Å². The van der Waals surface area contributed by atoms with E-state index in [-0.39, 0.29) is 29.7 Å². The van der Waals surface area contributed by atoms with Crippen LogP contribution < -0.4 is 20.7 Å². The van der Waals surface area contributed by atoms with E-state index in [1.807, 2.05) is 0 Å². The molecule has 0 aliphatic heterocycles. The topological polar surface area (TPSA) is 156 Å². The molecule has 0 saturated carbocycles. The van der Waals surface area contributed by atoms with Gasteiger partial charge in [0.1, 0.15) is 17.2 Å².